The Kier molecular flexibility index (Phi) is 2.01. The number of anilines is 1. The Bertz CT molecular complexity index is 252. The number of rotatable bonds is 2. The summed E-state index contributed by atoms with van der Waals surface area (Å²) in [6, 6.07) is 3.85. The molecule has 1 rings (SSSR count). The summed E-state index contributed by atoms with van der Waals surface area (Å²) in [7, 11) is 0.190. The minimum Gasteiger partial charge on any atom is -0.383 e. The van der Waals surface area contributed by atoms with Gasteiger partial charge in [0, 0.05) is 19.2 Å². The molecule has 3 heteroatoms. The molecule has 1 heterocycles. The van der Waals surface area contributed by atoms with E-state index in [2.05, 4.69) is 10.3 Å². The van der Waals surface area contributed by atoms with Crippen LogP contribution < -0.4 is 11.1 Å². The van der Waals surface area contributed by atoms with Gasteiger partial charge in [0.15, 0.2) is 0 Å². The van der Waals surface area contributed by atoms with Crippen LogP contribution in [0.15, 0.2) is 18.3 Å². The van der Waals surface area contributed by atoms with Gasteiger partial charge in [0.2, 0.25) is 0 Å². The summed E-state index contributed by atoms with van der Waals surface area (Å²) in [5.74, 6) is 0.533. The molecular formula is C8H13N3. The number of nitrogens with one attached hydrogen (secondary N) is 1. The molecule has 60 valence electrons. The molecule has 1 aromatic rings. The molecule has 0 aliphatic carbocycles. The normalized spacial score (nSPS) is 14.1. The number of nitrogens with zero attached hydrogens (tertiary/aromatic N) is 1. The van der Waals surface area contributed by atoms with Crippen molar-refractivity contribution < 1.29 is 1.37 Å². The minimum atomic E-state index is 0.0937. The zero-order valence-corrected chi connectivity index (χ0v) is 6.54. The SMILES string of the molecule is [2H]CN[C@H](C)c1cccnc1N. The van der Waals surface area contributed by atoms with Crippen molar-refractivity contribution in [2.45, 2.75) is 13.0 Å². The van der Waals surface area contributed by atoms with Gasteiger partial charge in [0.1, 0.15) is 5.82 Å². The maximum absolute atomic E-state index is 6.98. The first kappa shape index (κ1) is 6.61. The molecule has 0 saturated carbocycles. The Morgan fingerprint density at radius 2 is 2.64 bits per heavy atom. The molecule has 3 nitrogen and oxygen atoms in total. The smallest absolute Gasteiger partial charge is 0.128 e. The lowest BCUT2D eigenvalue weighted by Gasteiger charge is -2.11. The lowest BCUT2D eigenvalue weighted by molar-refractivity contribution is 0.652. The van der Waals surface area contributed by atoms with E-state index in [4.69, 9.17) is 7.10 Å². The van der Waals surface area contributed by atoms with E-state index in [1.165, 1.54) is 0 Å². The summed E-state index contributed by atoms with van der Waals surface area (Å²) >= 11 is 0. The molecule has 0 fully saturated rings. The molecule has 11 heavy (non-hydrogen) atoms. The summed E-state index contributed by atoms with van der Waals surface area (Å²) in [5.41, 5.74) is 6.59. The number of nitrogens with two attached hydrogens (primary N) is 1. The van der Waals surface area contributed by atoms with Crippen molar-refractivity contribution in [2.24, 2.45) is 0 Å². The highest BCUT2D eigenvalue weighted by Crippen LogP contribution is 2.15. The van der Waals surface area contributed by atoms with E-state index < -0.39 is 0 Å². The van der Waals surface area contributed by atoms with Gasteiger partial charge in [-0.25, -0.2) is 4.98 Å². The van der Waals surface area contributed by atoms with Crippen LogP contribution in [-0.2, 0) is 0 Å². The number of hydrogen-bond donors (Lipinski definition) is 2. The Hall–Kier alpha value is -1.09. The second kappa shape index (κ2) is 3.34. The van der Waals surface area contributed by atoms with Gasteiger partial charge in [-0.2, -0.15) is 0 Å². The Labute approximate surface area is 68.0 Å². The van der Waals surface area contributed by atoms with Gasteiger partial charge >= 0.3 is 0 Å². The minimum absolute atomic E-state index is 0.0937. The quantitative estimate of drug-likeness (QED) is 0.663. The summed E-state index contributed by atoms with van der Waals surface area (Å²) in [4.78, 5) is 3.96. The van der Waals surface area contributed by atoms with E-state index in [1.807, 2.05) is 19.1 Å². The van der Waals surface area contributed by atoms with Crippen molar-refractivity contribution in [3.63, 3.8) is 0 Å². The third-order valence-electron chi connectivity index (χ3n) is 1.64. The second-order valence-corrected chi connectivity index (χ2v) is 2.40. The number of hydrogen-bond acceptors (Lipinski definition) is 3. The van der Waals surface area contributed by atoms with Gasteiger partial charge in [-0.15, -0.1) is 0 Å². The first-order chi connectivity index (χ1) is 5.75. The van der Waals surface area contributed by atoms with E-state index in [1.54, 1.807) is 6.20 Å². The van der Waals surface area contributed by atoms with Crippen molar-refractivity contribution in [3.05, 3.63) is 23.9 Å². The molecule has 0 aliphatic rings. The van der Waals surface area contributed by atoms with Gasteiger partial charge in [0.05, 0.1) is 0 Å². The number of nitrogen functional groups attached to an aromatic ring is 1. The maximum Gasteiger partial charge on any atom is 0.128 e. The van der Waals surface area contributed by atoms with Crippen molar-refractivity contribution in [1.29, 1.82) is 0 Å². The van der Waals surface area contributed by atoms with Crippen molar-refractivity contribution in [2.75, 3.05) is 12.8 Å². The molecule has 0 radical (unpaired) electrons. The Balaban J connectivity index is 2.79. The van der Waals surface area contributed by atoms with E-state index >= 15 is 0 Å². The Morgan fingerprint density at radius 1 is 1.82 bits per heavy atom. The third kappa shape index (κ3) is 1.68. The van der Waals surface area contributed by atoms with Gasteiger partial charge < -0.3 is 11.1 Å². The monoisotopic (exact) mass is 152 g/mol. The van der Waals surface area contributed by atoms with E-state index in [9.17, 15) is 0 Å². The van der Waals surface area contributed by atoms with Crippen LogP contribution in [0.5, 0.6) is 0 Å². The molecule has 0 amide bonds. The van der Waals surface area contributed by atoms with Crippen LogP contribution in [0.1, 0.15) is 19.9 Å². The maximum atomic E-state index is 6.98. The van der Waals surface area contributed by atoms with Gasteiger partial charge in [-0.1, -0.05) is 6.07 Å². The van der Waals surface area contributed by atoms with Crippen molar-refractivity contribution in [3.8, 4) is 0 Å². The van der Waals surface area contributed by atoms with Crippen LogP contribution in [0.4, 0.5) is 5.82 Å². The average molecular weight is 152 g/mol. The van der Waals surface area contributed by atoms with Crippen LogP contribution in [0.25, 0.3) is 0 Å². The second-order valence-electron chi connectivity index (χ2n) is 2.40. The van der Waals surface area contributed by atoms with Crippen LogP contribution in [-0.4, -0.2) is 12.0 Å². The fourth-order valence-corrected chi connectivity index (χ4v) is 0.906. The fourth-order valence-electron chi connectivity index (χ4n) is 0.906. The molecule has 3 N–H and O–H groups in total. The largest absolute Gasteiger partial charge is 0.383 e. The molecule has 0 bridgehead atoms. The molecule has 0 spiro atoms. The molecule has 1 atom stereocenters. The predicted molar refractivity (Wildman–Crippen MR) is 46.1 cm³/mol. The van der Waals surface area contributed by atoms with Gasteiger partial charge in [-0.3, -0.25) is 0 Å². The first-order valence-electron chi connectivity index (χ1n) is 4.19. The lowest BCUT2D eigenvalue weighted by Crippen LogP contribution is -2.14. The van der Waals surface area contributed by atoms with E-state index in [0.717, 1.165) is 5.56 Å². The zero-order chi connectivity index (χ0) is 8.97. The van der Waals surface area contributed by atoms with Crippen molar-refractivity contribution in [1.82, 2.24) is 10.3 Å². The molecule has 0 saturated heterocycles. The summed E-state index contributed by atoms with van der Waals surface area (Å²) in [5, 5.41) is 2.95. The molecule has 0 unspecified atom stereocenters. The summed E-state index contributed by atoms with van der Waals surface area (Å²) < 4.78 is 6.98. The lowest BCUT2D eigenvalue weighted by atomic mass is 10.1. The van der Waals surface area contributed by atoms with Crippen LogP contribution in [0, 0.1) is 0 Å². The zero-order valence-electron chi connectivity index (χ0n) is 7.54. The summed E-state index contributed by atoms with van der Waals surface area (Å²) in [6.07, 6.45) is 1.66. The van der Waals surface area contributed by atoms with Gasteiger partial charge in [-0.05, 0) is 20.0 Å². The molecule has 0 aromatic carbocycles. The number of aromatic nitrogens is 1. The standard InChI is InChI=1S/C8H13N3/c1-6(10-2)7-4-3-5-11-8(7)9/h3-6,10H,1-2H3,(H2,9,11)/t6-/m1/s1/i2D. The fraction of sp³-hybridized carbons (Fsp3) is 0.375. The highest BCUT2D eigenvalue weighted by molar-refractivity contribution is 5.40. The van der Waals surface area contributed by atoms with E-state index in [-0.39, 0.29) is 13.1 Å². The molecule has 0 aliphatic heterocycles. The van der Waals surface area contributed by atoms with E-state index in [0.29, 0.717) is 5.82 Å². The van der Waals surface area contributed by atoms with Crippen LogP contribution >= 0.6 is 0 Å². The third-order valence-corrected chi connectivity index (χ3v) is 1.64. The Morgan fingerprint density at radius 3 is 3.27 bits per heavy atom. The summed E-state index contributed by atoms with van der Waals surface area (Å²) in [6.45, 7) is 1.96. The van der Waals surface area contributed by atoms with Crippen LogP contribution in [0.2, 0.25) is 0 Å². The first-order valence-corrected chi connectivity index (χ1v) is 3.48. The highest BCUT2D eigenvalue weighted by Gasteiger charge is 2.05. The van der Waals surface area contributed by atoms with Gasteiger partial charge in [0.25, 0.3) is 0 Å². The average Bonchev–Trinajstić information content (AvgIpc) is 2.05. The molecule has 1 aromatic heterocycles. The van der Waals surface area contributed by atoms with Crippen LogP contribution in [0.3, 0.4) is 0 Å². The predicted octanol–water partition coefficient (Wildman–Crippen LogP) is 0.944. The number of pyridine rings is 1. The highest BCUT2D eigenvalue weighted by atomic mass is 14.9. The topological polar surface area (TPSA) is 50.9 Å². The van der Waals surface area contributed by atoms with Crippen molar-refractivity contribution >= 4 is 5.82 Å². The molecular weight excluding hydrogens is 138 g/mol.